The summed E-state index contributed by atoms with van der Waals surface area (Å²) >= 11 is 0. The van der Waals surface area contributed by atoms with Crippen LogP contribution in [0.4, 0.5) is 18.9 Å². The number of hydrogen-bond donors (Lipinski definition) is 1. The maximum Gasteiger partial charge on any atom is 0.416 e. The molecular weight excluding hydrogens is 345 g/mol. The summed E-state index contributed by atoms with van der Waals surface area (Å²) < 4.78 is 62.9. The zero-order chi connectivity index (χ0) is 18.0. The lowest BCUT2D eigenvalue weighted by Crippen LogP contribution is -2.43. The molecule has 1 amide bonds. The molecule has 24 heavy (non-hydrogen) atoms. The molecule has 2 rings (SSSR count). The number of sulfonamides is 1. The zero-order valence-corrected chi connectivity index (χ0v) is 14.0. The molecule has 5 nitrogen and oxygen atoms in total. The van der Waals surface area contributed by atoms with Gasteiger partial charge in [0.25, 0.3) is 0 Å². The van der Waals surface area contributed by atoms with Crippen LogP contribution in [0.25, 0.3) is 0 Å². The van der Waals surface area contributed by atoms with Crippen LogP contribution in [0.15, 0.2) is 24.3 Å². The molecule has 1 aromatic carbocycles. The van der Waals surface area contributed by atoms with Gasteiger partial charge in [0.2, 0.25) is 15.9 Å². The van der Waals surface area contributed by atoms with E-state index in [0.29, 0.717) is 12.8 Å². The van der Waals surface area contributed by atoms with Crippen molar-refractivity contribution < 1.29 is 26.4 Å². The lowest BCUT2D eigenvalue weighted by atomic mass is 10.2. The summed E-state index contributed by atoms with van der Waals surface area (Å²) in [6.45, 7) is -0.403. The van der Waals surface area contributed by atoms with Crippen LogP contribution in [0.3, 0.4) is 0 Å². The number of halogens is 3. The number of nitrogens with one attached hydrogen (secondary N) is 1. The zero-order valence-electron chi connectivity index (χ0n) is 13.1. The first-order valence-electron chi connectivity index (χ1n) is 7.51. The number of benzene rings is 1. The van der Waals surface area contributed by atoms with E-state index in [4.69, 9.17) is 0 Å². The van der Waals surface area contributed by atoms with Crippen molar-refractivity contribution in [2.45, 2.75) is 37.9 Å². The van der Waals surface area contributed by atoms with Crippen LogP contribution in [0.2, 0.25) is 0 Å². The highest BCUT2D eigenvalue weighted by molar-refractivity contribution is 7.88. The van der Waals surface area contributed by atoms with Gasteiger partial charge in [-0.05, 0) is 31.0 Å². The van der Waals surface area contributed by atoms with Gasteiger partial charge in [-0.3, -0.25) is 4.79 Å². The molecule has 0 radical (unpaired) electrons. The topological polar surface area (TPSA) is 66.5 Å². The third-order valence-electron chi connectivity index (χ3n) is 3.93. The summed E-state index contributed by atoms with van der Waals surface area (Å²) in [5.41, 5.74) is -0.897. The molecule has 0 aromatic heterocycles. The summed E-state index contributed by atoms with van der Waals surface area (Å²) in [6.07, 6.45) is -0.321. The number of alkyl halides is 3. The highest BCUT2D eigenvalue weighted by Crippen LogP contribution is 2.30. The lowest BCUT2D eigenvalue weighted by molar-refractivity contribution is -0.137. The molecular formula is C15H19F3N2O3S. The lowest BCUT2D eigenvalue weighted by Gasteiger charge is -2.25. The van der Waals surface area contributed by atoms with Crippen LogP contribution in [0, 0.1) is 0 Å². The normalized spacial score (nSPS) is 16.5. The molecule has 1 aliphatic rings. The summed E-state index contributed by atoms with van der Waals surface area (Å²) in [5, 5.41) is 2.34. The fourth-order valence-electron chi connectivity index (χ4n) is 2.82. The smallest absolute Gasteiger partial charge is 0.325 e. The fraction of sp³-hybridized carbons (Fsp3) is 0.533. The molecule has 134 valence electrons. The van der Waals surface area contributed by atoms with Crippen molar-refractivity contribution in [3.63, 3.8) is 0 Å². The van der Waals surface area contributed by atoms with Gasteiger partial charge in [-0.15, -0.1) is 0 Å². The molecule has 0 spiro atoms. The minimum absolute atomic E-state index is 0.0188. The summed E-state index contributed by atoms with van der Waals surface area (Å²) in [5.74, 6) is -0.661. The van der Waals surface area contributed by atoms with Crippen molar-refractivity contribution in [3.8, 4) is 0 Å². The van der Waals surface area contributed by atoms with Gasteiger partial charge in [-0.1, -0.05) is 18.9 Å². The Bertz CT molecular complexity index is 698. The SMILES string of the molecule is CS(=O)(=O)N(CC(=O)Nc1cccc(C(F)(F)F)c1)C1CCCC1. The van der Waals surface area contributed by atoms with Gasteiger partial charge in [0.1, 0.15) is 0 Å². The number of amides is 1. The molecule has 0 aliphatic heterocycles. The highest BCUT2D eigenvalue weighted by atomic mass is 32.2. The van der Waals surface area contributed by atoms with E-state index in [1.165, 1.54) is 12.1 Å². The van der Waals surface area contributed by atoms with Gasteiger partial charge < -0.3 is 5.32 Å². The molecule has 1 aliphatic carbocycles. The third kappa shape index (κ3) is 4.94. The average Bonchev–Trinajstić information content (AvgIpc) is 2.96. The second-order valence-corrected chi connectivity index (χ2v) is 7.81. The van der Waals surface area contributed by atoms with E-state index >= 15 is 0 Å². The molecule has 0 unspecified atom stereocenters. The minimum Gasteiger partial charge on any atom is -0.325 e. The van der Waals surface area contributed by atoms with Crippen molar-refractivity contribution in [1.29, 1.82) is 0 Å². The Balaban J connectivity index is 2.08. The first kappa shape index (κ1) is 18.7. The van der Waals surface area contributed by atoms with Crippen molar-refractivity contribution >= 4 is 21.6 Å². The van der Waals surface area contributed by atoms with Crippen LogP contribution in [-0.2, 0) is 21.0 Å². The van der Waals surface area contributed by atoms with Crippen LogP contribution >= 0.6 is 0 Å². The monoisotopic (exact) mass is 364 g/mol. The second kappa shape index (κ2) is 7.10. The Morgan fingerprint density at radius 1 is 1.29 bits per heavy atom. The van der Waals surface area contributed by atoms with Crippen LogP contribution < -0.4 is 5.32 Å². The van der Waals surface area contributed by atoms with E-state index in [2.05, 4.69) is 5.32 Å². The van der Waals surface area contributed by atoms with E-state index in [1.807, 2.05) is 0 Å². The number of nitrogens with zero attached hydrogens (tertiary/aromatic N) is 1. The minimum atomic E-state index is -4.51. The molecule has 1 aromatic rings. The third-order valence-corrected chi connectivity index (χ3v) is 5.21. The Labute approximate surface area is 138 Å². The van der Waals surface area contributed by atoms with E-state index in [0.717, 1.165) is 35.5 Å². The molecule has 0 saturated heterocycles. The van der Waals surface area contributed by atoms with Gasteiger partial charge in [0, 0.05) is 11.7 Å². The van der Waals surface area contributed by atoms with E-state index in [1.54, 1.807) is 0 Å². The number of hydrogen-bond acceptors (Lipinski definition) is 3. The van der Waals surface area contributed by atoms with Gasteiger partial charge in [-0.2, -0.15) is 17.5 Å². The van der Waals surface area contributed by atoms with Gasteiger partial charge in [0.15, 0.2) is 0 Å². The van der Waals surface area contributed by atoms with E-state index < -0.39 is 34.2 Å². The Morgan fingerprint density at radius 2 is 1.92 bits per heavy atom. The van der Waals surface area contributed by atoms with E-state index in [9.17, 15) is 26.4 Å². The Hall–Kier alpha value is -1.61. The van der Waals surface area contributed by atoms with E-state index in [-0.39, 0.29) is 11.7 Å². The number of carbonyl (C=O) groups is 1. The summed E-state index contributed by atoms with van der Waals surface area (Å²) in [7, 11) is -3.57. The predicted molar refractivity (Wildman–Crippen MR) is 83.9 cm³/mol. The predicted octanol–water partition coefficient (Wildman–Crippen LogP) is 2.85. The largest absolute Gasteiger partial charge is 0.416 e. The van der Waals surface area contributed by atoms with Crippen molar-refractivity contribution in [2.75, 3.05) is 18.1 Å². The Kier molecular flexibility index (Phi) is 5.54. The van der Waals surface area contributed by atoms with Gasteiger partial charge in [0.05, 0.1) is 18.4 Å². The molecule has 1 fully saturated rings. The Morgan fingerprint density at radius 3 is 2.46 bits per heavy atom. The van der Waals surface area contributed by atoms with Crippen LogP contribution in [0.1, 0.15) is 31.2 Å². The molecule has 0 heterocycles. The molecule has 1 N–H and O–H groups in total. The first-order valence-corrected chi connectivity index (χ1v) is 9.36. The maximum absolute atomic E-state index is 12.7. The van der Waals surface area contributed by atoms with Crippen molar-refractivity contribution in [2.24, 2.45) is 0 Å². The number of rotatable bonds is 5. The first-order chi connectivity index (χ1) is 11.1. The molecule has 0 atom stereocenters. The highest BCUT2D eigenvalue weighted by Gasteiger charge is 2.32. The second-order valence-electron chi connectivity index (χ2n) is 5.87. The molecule has 9 heteroatoms. The summed E-state index contributed by atoms with van der Waals surface area (Å²) in [6, 6.07) is 4.00. The molecule has 0 bridgehead atoms. The average molecular weight is 364 g/mol. The fourth-order valence-corrected chi connectivity index (χ4v) is 3.93. The van der Waals surface area contributed by atoms with Crippen LogP contribution in [-0.4, -0.2) is 37.5 Å². The maximum atomic E-state index is 12.7. The van der Waals surface area contributed by atoms with Gasteiger partial charge in [-0.25, -0.2) is 8.42 Å². The number of carbonyl (C=O) groups excluding carboxylic acids is 1. The summed E-state index contributed by atoms with van der Waals surface area (Å²) in [4.78, 5) is 12.1. The standard InChI is InChI=1S/C15H19F3N2O3S/c1-24(22,23)20(13-7-2-3-8-13)10-14(21)19-12-6-4-5-11(9-12)15(16,17)18/h4-6,9,13H,2-3,7-8,10H2,1H3,(H,19,21). The van der Waals surface area contributed by atoms with Crippen LogP contribution in [0.5, 0.6) is 0 Å². The van der Waals surface area contributed by atoms with Gasteiger partial charge >= 0.3 is 6.18 Å². The molecule has 1 saturated carbocycles. The quantitative estimate of drug-likeness (QED) is 0.874. The van der Waals surface area contributed by atoms with Crippen molar-refractivity contribution in [3.05, 3.63) is 29.8 Å². The van der Waals surface area contributed by atoms with Crippen molar-refractivity contribution in [1.82, 2.24) is 4.31 Å². The number of anilines is 1.